The van der Waals surface area contributed by atoms with Crippen molar-refractivity contribution in [2.24, 2.45) is 5.73 Å². The minimum absolute atomic E-state index is 0. The van der Waals surface area contributed by atoms with Crippen LogP contribution in [0.4, 0.5) is 0 Å². The molecule has 6 heteroatoms. The van der Waals surface area contributed by atoms with Crippen LogP contribution in [0, 0.1) is 0 Å². The number of methoxy groups -OCH3 is 1. The van der Waals surface area contributed by atoms with Crippen LogP contribution in [0.2, 0.25) is 5.02 Å². The molecule has 1 unspecified atom stereocenters. The van der Waals surface area contributed by atoms with Crippen molar-refractivity contribution in [3.8, 4) is 5.75 Å². The van der Waals surface area contributed by atoms with E-state index in [0.29, 0.717) is 29.4 Å². The van der Waals surface area contributed by atoms with E-state index in [1.807, 2.05) is 0 Å². The van der Waals surface area contributed by atoms with Gasteiger partial charge in [-0.25, -0.2) is 0 Å². The van der Waals surface area contributed by atoms with Gasteiger partial charge < -0.3 is 15.4 Å². The molecule has 0 radical (unpaired) electrons. The van der Waals surface area contributed by atoms with Gasteiger partial charge in [-0.05, 0) is 24.6 Å². The van der Waals surface area contributed by atoms with Gasteiger partial charge in [-0.3, -0.25) is 4.79 Å². The van der Waals surface area contributed by atoms with Crippen LogP contribution in [-0.4, -0.2) is 37.0 Å². The van der Waals surface area contributed by atoms with Gasteiger partial charge in [-0.15, -0.1) is 12.4 Å². The van der Waals surface area contributed by atoms with Gasteiger partial charge in [-0.1, -0.05) is 11.6 Å². The lowest BCUT2D eigenvalue weighted by Crippen LogP contribution is -2.32. The maximum atomic E-state index is 12.2. The Hall–Kier alpha value is -0.970. The van der Waals surface area contributed by atoms with Crippen LogP contribution in [0.5, 0.6) is 5.75 Å². The third kappa shape index (κ3) is 3.07. The van der Waals surface area contributed by atoms with Gasteiger partial charge in [0.1, 0.15) is 5.75 Å². The van der Waals surface area contributed by atoms with Gasteiger partial charge in [0.05, 0.1) is 12.7 Å². The first-order valence-electron chi connectivity index (χ1n) is 5.50. The third-order valence-electron chi connectivity index (χ3n) is 2.91. The highest BCUT2D eigenvalue weighted by atomic mass is 35.5. The molecule has 100 valence electrons. The first-order chi connectivity index (χ1) is 8.11. The highest BCUT2D eigenvalue weighted by Gasteiger charge is 2.26. The van der Waals surface area contributed by atoms with Gasteiger partial charge in [0.15, 0.2) is 0 Å². The SMILES string of the molecule is COc1cc(Cl)ccc1C(=O)N1CCC(N)C1.Cl. The Balaban J connectivity index is 0.00000162. The highest BCUT2D eigenvalue weighted by molar-refractivity contribution is 6.30. The molecule has 1 amide bonds. The molecule has 2 N–H and O–H groups in total. The van der Waals surface area contributed by atoms with Crippen LogP contribution in [0.1, 0.15) is 16.8 Å². The molecular weight excluding hydrogens is 275 g/mol. The number of benzene rings is 1. The summed E-state index contributed by atoms with van der Waals surface area (Å²) in [6.07, 6.45) is 0.849. The van der Waals surface area contributed by atoms with Crippen LogP contribution in [0.25, 0.3) is 0 Å². The fraction of sp³-hybridized carbons (Fsp3) is 0.417. The molecule has 1 aromatic carbocycles. The first-order valence-corrected chi connectivity index (χ1v) is 5.88. The predicted molar refractivity (Wildman–Crippen MR) is 73.7 cm³/mol. The summed E-state index contributed by atoms with van der Waals surface area (Å²) < 4.78 is 5.17. The lowest BCUT2D eigenvalue weighted by molar-refractivity contribution is 0.0787. The minimum atomic E-state index is -0.0496. The standard InChI is InChI=1S/C12H15ClN2O2.ClH/c1-17-11-6-8(13)2-3-10(11)12(16)15-5-4-9(14)7-15;/h2-3,6,9H,4-5,7,14H2,1H3;1H. The van der Waals surface area contributed by atoms with Crippen molar-refractivity contribution < 1.29 is 9.53 Å². The molecule has 4 nitrogen and oxygen atoms in total. The Morgan fingerprint density at radius 2 is 2.28 bits per heavy atom. The largest absolute Gasteiger partial charge is 0.496 e. The molecule has 1 fully saturated rings. The molecule has 0 saturated carbocycles. The summed E-state index contributed by atoms with van der Waals surface area (Å²) in [5.74, 6) is 0.453. The number of hydrogen-bond donors (Lipinski definition) is 1. The molecule has 0 aliphatic carbocycles. The number of carbonyl (C=O) groups excluding carboxylic acids is 1. The van der Waals surface area contributed by atoms with E-state index in [0.717, 1.165) is 6.42 Å². The highest BCUT2D eigenvalue weighted by Crippen LogP contribution is 2.25. The van der Waals surface area contributed by atoms with Gasteiger partial charge in [0, 0.05) is 24.2 Å². The second-order valence-corrected chi connectivity index (χ2v) is 4.58. The van der Waals surface area contributed by atoms with E-state index in [1.54, 1.807) is 23.1 Å². The fourth-order valence-electron chi connectivity index (χ4n) is 1.98. The number of rotatable bonds is 2. The monoisotopic (exact) mass is 290 g/mol. The Bertz CT molecular complexity index is 440. The van der Waals surface area contributed by atoms with Gasteiger partial charge >= 0.3 is 0 Å². The van der Waals surface area contributed by atoms with Gasteiger partial charge in [-0.2, -0.15) is 0 Å². The Morgan fingerprint density at radius 1 is 1.56 bits per heavy atom. The fourth-order valence-corrected chi connectivity index (χ4v) is 2.15. The molecule has 1 aromatic rings. The Morgan fingerprint density at radius 3 is 2.83 bits per heavy atom. The Labute approximate surface area is 117 Å². The van der Waals surface area contributed by atoms with E-state index in [9.17, 15) is 4.79 Å². The summed E-state index contributed by atoms with van der Waals surface area (Å²) >= 11 is 5.86. The van der Waals surface area contributed by atoms with Crippen molar-refractivity contribution in [1.29, 1.82) is 0 Å². The summed E-state index contributed by atoms with van der Waals surface area (Å²) in [6, 6.07) is 5.10. The van der Waals surface area contributed by atoms with E-state index in [2.05, 4.69) is 0 Å². The van der Waals surface area contributed by atoms with Crippen molar-refractivity contribution in [3.05, 3.63) is 28.8 Å². The maximum Gasteiger partial charge on any atom is 0.257 e. The lowest BCUT2D eigenvalue weighted by atomic mass is 10.1. The van der Waals surface area contributed by atoms with E-state index in [-0.39, 0.29) is 24.4 Å². The summed E-state index contributed by atoms with van der Waals surface area (Å²) in [5.41, 5.74) is 6.32. The zero-order valence-electron chi connectivity index (χ0n) is 10.1. The number of ether oxygens (including phenoxy) is 1. The average molecular weight is 291 g/mol. The van der Waals surface area contributed by atoms with Gasteiger partial charge in [0.2, 0.25) is 0 Å². The zero-order valence-corrected chi connectivity index (χ0v) is 11.6. The number of likely N-dealkylation sites (tertiary alicyclic amines) is 1. The smallest absolute Gasteiger partial charge is 0.257 e. The van der Waals surface area contributed by atoms with Gasteiger partial charge in [0.25, 0.3) is 5.91 Å². The molecule has 2 rings (SSSR count). The van der Waals surface area contributed by atoms with Crippen LogP contribution in [0.3, 0.4) is 0 Å². The molecule has 1 atom stereocenters. The number of nitrogens with zero attached hydrogens (tertiary/aromatic N) is 1. The molecule has 1 heterocycles. The van der Waals surface area contributed by atoms with Crippen molar-refractivity contribution in [2.75, 3.05) is 20.2 Å². The van der Waals surface area contributed by atoms with Crippen molar-refractivity contribution >= 4 is 29.9 Å². The molecule has 1 aliphatic rings. The van der Waals surface area contributed by atoms with E-state index in [1.165, 1.54) is 7.11 Å². The summed E-state index contributed by atoms with van der Waals surface area (Å²) in [4.78, 5) is 14.0. The minimum Gasteiger partial charge on any atom is -0.496 e. The normalized spacial score (nSPS) is 18.4. The Kier molecular flexibility index (Phi) is 5.26. The first kappa shape index (κ1) is 15.1. The lowest BCUT2D eigenvalue weighted by Gasteiger charge is -2.17. The maximum absolute atomic E-state index is 12.2. The van der Waals surface area contributed by atoms with Crippen molar-refractivity contribution in [2.45, 2.75) is 12.5 Å². The molecule has 0 aromatic heterocycles. The topological polar surface area (TPSA) is 55.6 Å². The molecule has 1 aliphatic heterocycles. The molecular formula is C12H16Cl2N2O2. The van der Waals surface area contributed by atoms with Crippen LogP contribution >= 0.6 is 24.0 Å². The number of carbonyl (C=O) groups is 1. The quantitative estimate of drug-likeness (QED) is 0.906. The second kappa shape index (κ2) is 6.27. The van der Waals surface area contributed by atoms with Crippen molar-refractivity contribution in [1.82, 2.24) is 4.90 Å². The van der Waals surface area contributed by atoms with Crippen LogP contribution < -0.4 is 10.5 Å². The number of halogens is 2. The van der Waals surface area contributed by atoms with Crippen LogP contribution in [-0.2, 0) is 0 Å². The second-order valence-electron chi connectivity index (χ2n) is 4.14. The van der Waals surface area contributed by atoms with E-state index in [4.69, 9.17) is 22.1 Å². The summed E-state index contributed by atoms with van der Waals surface area (Å²) in [5, 5.41) is 0.552. The molecule has 18 heavy (non-hydrogen) atoms. The summed E-state index contributed by atoms with van der Waals surface area (Å²) in [7, 11) is 1.53. The van der Waals surface area contributed by atoms with E-state index < -0.39 is 0 Å². The molecule has 0 spiro atoms. The summed E-state index contributed by atoms with van der Waals surface area (Å²) in [6.45, 7) is 1.30. The van der Waals surface area contributed by atoms with Crippen molar-refractivity contribution in [3.63, 3.8) is 0 Å². The molecule has 1 saturated heterocycles. The number of amides is 1. The zero-order chi connectivity index (χ0) is 12.4. The van der Waals surface area contributed by atoms with Crippen LogP contribution in [0.15, 0.2) is 18.2 Å². The van der Waals surface area contributed by atoms with E-state index >= 15 is 0 Å². The predicted octanol–water partition coefficient (Wildman–Crippen LogP) is 1.94. The molecule has 0 bridgehead atoms. The average Bonchev–Trinajstić information content (AvgIpc) is 2.75. The number of hydrogen-bond acceptors (Lipinski definition) is 3. The third-order valence-corrected chi connectivity index (χ3v) is 3.14. The number of nitrogens with two attached hydrogens (primary N) is 1.